The number of rotatable bonds is 3. The Morgan fingerprint density at radius 1 is 0.826 bits per heavy atom. The minimum atomic E-state index is 0.163. The van der Waals surface area contributed by atoms with Gasteiger partial charge in [0.25, 0.3) is 0 Å². The molecule has 5 rings (SSSR count). The third-order valence-electron chi connectivity index (χ3n) is 6.73. The molecule has 0 amide bonds. The van der Waals surface area contributed by atoms with E-state index in [2.05, 4.69) is 81.4 Å². The van der Waals surface area contributed by atoms with Gasteiger partial charge in [-0.25, -0.2) is 0 Å². The maximum Gasteiger partial charge on any atom is 0.161 e. The maximum atomic E-state index is 2.54. The Morgan fingerprint density at radius 3 is 1.78 bits per heavy atom. The van der Waals surface area contributed by atoms with Crippen LogP contribution in [0.4, 0.5) is 0 Å². The Kier molecular flexibility index (Phi) is 3.61. The van der Waals surface area contributed by atoms with Crippen molar-refractivity contribution < 1.29 is 0 Å². The van der Waals surface area contributed by atoms with Gasteiger partial charge in [-0.1, -0.05) is 57.2 Å². The second-order valence-electron chi connectivity index (χ2n) is 7.92. The van der Waals surface area contributed by atoms with E-state index in [9.17, 15) is 0 Å². The van der Waals surface area contributed by atoms with Gasteiger partial charge in [0.2, 0.25) is 0 Å². The largest absolute Gasteiger partial charge is 0.161 e. The fourth-order valence-corrected chi connectivity index (χ4v) is 8.85. The molecule has 0 nitrogen and oxygen atoms in total. The molecule has 120 valence electrons. The SMILES string of the molecule is CC1CCC2CC1([S+](c1ccccc1)c1ccccc1)C2(C)C. The van der Waals surface area contributed by atoms with Crippen molar-refractivity contribution in [1.82, 2.24) is 0 Å². The van der Waals surface area contributed by atoms with Crippen LogP contribution in [0.1, 0.15) is 40.0 Å². The van der Waals surface area contributed by atoms with E-state index in [0.717, 1.165) is 11.8 Å². The van der Waals surface area contributed by atoms with Gasteiger partial charge < -0.3 is 0 Å². The fourth-order valence-electron chi connectivity index (χ4n) is 5.30. The van der Waals surface area contributed by atoms with Gasteiger partial charge in [0.05, 0.1) is 10.9 Å². The third kappa shape index (κ3) is 2.05. The van der Waals surface area contributed by atoms with Gasteiger partial charge in [-0.2, -0.15) is 0 Å². The van der Waals surface area contributed by atoms with Crippen LogP contribution >= 0.6 is 0 Å². The molecule has 3 fully saturated rings. The van der Waals surface area contributed by atoms with E-state index in [1.165, 1.54) is 29.1 Å². The van der Waals surface area contributed by atoms with Gasteiger partial charge in [0.15, 0.2) is 9.79 Å². The molecule has 0 saturated heterocycles. The smallest absolute Gasteiger partial charge is 0.0619 e. The monoisotopic (exact) mass is 323 g/mol. The van der Waals surface area contributed by atoms with Crippen molar-refractivity contribution in [2.75, 3.05) is 0 Å². The molecule has 1 heteroatoms. The number of benzene rings is 2. The van der Waals surface area contributed by atoms with Crippen LogP contribution in [0.25, 0.3) is 0 Å². The van der Waals surface area contributed by atoms with E-state index in [0.29, 0.717) is 10.2 Å². The Bertz CT molecular complexity index is 636. The average molecular weight is 324 g/mol. The zero-order valence-electron chi connectivity index (χ0n) is 14.5. The van der Waals surface area contributed by atoms with Gasteiger partial charge in [-0.05, 0) is 43.0 Å². The summed E-state index contributed by atoms with van der Waals surface area (Å²) in [6.45, 7) is 7.61. The van der Waals surface area contributed by atoms with E-state index in [1.54, 1.807) is 0 Å². The van der Waals surface area contributed by atoms with Crippen LogP contribution in [0.3, 0.4) is 0 Å². The predicted octanol–water partition coefficient (Wildman–Crippen LogP) is 5.94. The molecule has 2 aromatic rings. The molecular formula is C22H27S+. The fraction of sp³-hybridized carbons (Fsp3) is 0.455. The summed E-state index contributed by atoms with van der Waals surface area (Å²) in [5.41, 5.74) is 0.444. The lowest BCUT2D eigenvalue weighted by atomic mass is 9.45. The first-order valence-corrected chi connectivity index (χ1v) is 10.1. The molecule has 2 aromatic carbocycles. The summed E-state index contributed by atoms with van der Waals surface area (Å²) in [6, 6.07) is 22.6. The topological polar surface area (TPSA) is 0 Å². The molecule has 2 bridgehead atoms. The highest BCUT2D eigenvalue weighted by molar-refractivity contribution is 7.98. The summed E-state index contributed by atoms with van der Waals surface area (Å²) in [5.74, 6) is 1.72. The van der Waals surface area contributed by atoms with Gasteiger partial charge in [0.1, 0.15) is 4.75 Å². The Labute approximate surface area is 143 Å². The standard InChI is InChI=1S/C22H27S/c1-17-14-15-18-16-22(17,21(18,2)3)23(19-10-6-4-7-11-19)20-12-8-5-9-13-20/h4-13,17-18H,14-16H2,1-3H3/q+1. The van der Waals surface area contributed by atoms with Gasteiger partial charge in [-0.3, -0.25) is 0 Å². The maximum absolute atomic E-state index is 2.54. The third-order valence-corrected chi connectivity index (χ3v) is 10.0. The highest BCUT2D eigenvalue weighted by atomic mass is 32.2. The summed E-state index contributed by atoms with van der Waals surface area (Å²) in [4.78, 5) is 3.05. The minimum absolute atomic E-state index is 0.163. The van der Waals surface area contributed by atoms with Crippen molar-refractivity contribution in [1.29, 1.82) is 0 Å². The molecule has 3 aliphatic rings. The van der Waals surface area contributed by atoms with Crippen LogP contribution in [-0.2, 0) is 10.9 Å². The van der Waals surface area contributed by atoms with Crippen LogP contribution < -0.4 is 0 Å². The molecule has 23 heavy (non-hydrogen) atoms. The first-order valence-electron chi connectivity index (χ1n) is 8.92. The lowest BCUT2D eigenvalue weighted by Gasteiger charge is -2.65. The second-order valence-corrected chi connectivity index (χ2v) is 10.2. The average Bonchev–Trinajstić information content (AvgIpc) is 2.58. The molecule has 3 aliphatic carbocycles. The highest BCUT2D eigenvalue weighted by Crippen LogP contribution is 2.70. The summed E-state index contributed by atoms with van der Waals surface area (Å²) in [5, 5.41) is 0. The predicted molar refractivity (Wildman–Crippen MR) is 99.8 cm³/mol. The molecule has 0 heterocycles. The lowest BCUT2D eigenvalue weighted by molar-refractivity contribution is -0.0713. The summed E-state index contributed by atoms with van der Waals surface area (Å²) in [7, 11) is 0.163. The van der Waals surface area contributed by atoms with Crippen molar-refractivity contribution in [3.8, 4) is 0 Å². The summed E-state index contributed by atoms with van der Waals surface area (Å²) >= 11 is 0. The molecule has 0 radical (unpaired) electrons. The normalized spacial score (nSPS) is 31.7. The number of fused-ring (bicyclic) bond motifs is 2. The van der Waals surface area contributed by atoms with Gasteiger partial charge in [-0.15, -0.1) is 0 Å². The molecule has 3 atom stereocenters. The second kappa shape index (κ2) is 5.41. The Morgan fingerprint density at radius 2 is 1.35 bits per heavy atom. The van der Waals surface area contributed by atoms with Gasteiger partial charge >= 0.3 is 0 Å². The van der Waals surface area contributed by atoms with E-state index in [1.807, 2.05) is 0 Å². The van der Waals surface area contributed by atoms with Crippen LogP contribution in [0.2, 0.25) is 0 Å². The van der Waals surface area contributed by atoms with Crippen molar-refractivity contribution >= 4 is 10.9 Å². The van der Waals surface area contributed by atoms with E-state index >= 15 is 0 Å². The molecule has 3 saturated carbocycles. The number of hydrogen-bond donors (Lipinski definition) is 0. The number of hydrogen-bond acceptors (Lipinski definition) is 0. The zero-order valence-corrected chi connectivity index (χ0v) is 15.3. The van der Waals surface area contributed by atoms with E-state index in [4.69, 9.17) is 0 Å². The molecule has 0 spiro atoms. The van der Waals surface area contributed by atoms with Crippen LogP contribution in [0.15, 0.2) is 70.5 Å². The Hall–Kier alpha value is -1.21. The first-order chi connectivity index (χ1) is 11.1. The molecule has 0 aromatic heterocycles. The van der Waals surface area contributed by atoms with Crippen LogP contribution in [0, 0.1) is 17.3 Å². The quantitative estimate of drug-likeness (QED) is 0.613. The van der Waals surface area contributed by atoms with Crippen LogP contribution in [0.5, 0.6) is 0 Å². The Balaban J connectivity index is 1.89. The van der Waals surface area contributed by atoms with E-state index < -0.39 is 0 Å². The van der Waals surface area contributed by atoms with E-state index in [-0.39, 0.29) is 10.9 Å². The molecule has 3 unspecified atom stereocenters. The van der Waals surface area contributed by atoms with Crippen molar-refractivity contribution in [2.24, 2.45) is 17.3 Å². The highest BCUT2D eigenvalue weighted by Gasteiger charge is 2.74. The minimum Gasteiger partial charge on any atom is -0.0619 e. The lowest BCUT2D eigenvalue weighted by Crippen LogP contribution is -2.70. The summed E-state index contributed by atoms with van der Waals surface area (Å²) < 4.78 is 0.429. The first kappa shape index (κ1) is 15.3. The van der Waals surface area contributed by atoms with Gasteiger partial charge in [0, 0.05) is 17.8 Å². The van der Waals surface area contributed by atoms with Crippen LogP contribution in [-0.4, -0.2) is 4.75 Å². The molecule has 0 aliphatic heterocycles. The van der Waals surface area contributed by atoms with Crippen molar-refractivity contribution in [2.45, 2.75) is 54.6 Å². The molecular weight excluding hydrogens is 296 g/mol. The van der Waals surface area contributed by atoms with Crippen molar-refractivity contribution in [3.05, 3.63) is 60.7 Å². The molecule has 0 N–H and O–H groups in total. The van der Waals surface area contributed by atoms with Crippen molar-refractivity contribution in [3.63, 3.8) is 0 Å². The summed E-state index contributed by atoms with van der Waals surface area (Å²) in [6.07, 6.45) is 4.24. The zero-order chi connectivity index (χ0) is 16.1.